The van der Waals surface area contributed by atoms with Crippen LogP contribution in [0, 0.1) is 0 Å². The van der Waals surface area contributed by atoms with E-state index in [9.17, 15) is 9.59 Å². The highest BCUT2D eigenvalue weighted by molar-refractivity contribution is 5.99. The standard InChI is InChI=1S/C22H28N6O2/c1-17(19-9-13-23-14-10-19)25-27-21(29)7-5-3-4-6-8-22(30)28-26-18(2)20-11-15-24-16-12-20/h9-16H,3-8H2,1-2H3,(H,27,29)(H,28,30)/b25-17+,26-18+. The van der Waals surface area contributed by atoms with Crippen molar-refractivity contribution in [3.8, 4) is 0 Å². The summed E-state index contributed by atoms with van der Waals surface area (Å²) in [6.45, 7) is 3.67. The van der Waals surface area contributed by atoms with E-state index in [2.05, 4.69) is 31.0 Å². The van der Waals surface area contributed by atoms with Gasteiger partial charge in [0.15, 0.2) is 0 Å². The Kier molecular flexibility index (Phi) is 9.85. The zero-order valence-corrected chi connectivity index (χ0v) is 17.5. The number of aromatic nitrogens is 2. The number of carbonyl (C=O) groups excluding carboxylic acids is 2. The molecule has 0 aliphatic carbocycles. The second-order valence-corrected chi connectivity index (χ2v) is 6.85. The van der Waals surface area contributed by atoms with Gasteiger partial charge in [-0.25, -0.2) is 10.9 Å². The van der Waals surface area contributed by atoms with Gasteiger partial charge < -0.3 is 0 Å². The van der Waals surface area contributed by atoms with Crippen molar-refractivity contribution in [2.45, 2.75) is 52.4 Å². The normalized spacial score (nSPS) is 11.8. The van der Waals surface area contributed by atoms with E-state index in [-0.39, 0.29) is 11.8 Å². The molecule has 2 aromatic heterocycles. The monoisotopic (exact) mass is 408 g/mol. The Bertz CT molecular complexity index is 792. The zero-order valence-electron chi connectivity index (χ0n) is 17.5. The third-order valence-electron chi connectivity index (χ3n) is 4.45. The zero-order chi connectivity index (χ0) is 21.6. The summed E-state index contributed by atoms with van der Waals surface area (Å²) in [5, 5.41) is 8.22. The van der Waals surface area contributed by atoms with Gasteiger partial charge in [-0.3, -0.25) is 19.6 Å². The number of carbonyl (C=O) groups is 2. The van der Waals surface area contributed by atoms with Crippen LogP contribution >= 0.6 is 0 Å². The Morgan fingerprint density at radius 1 is 0.700 bits per heavy atom. The first-order valence-corrected chi connectivity index (χ1v) is 10.0. The van der Waals surface area contributed by atoms with Gasteiger partial charge in [-0.1, -0.05) is 12.8 Å². The first-order valence-electron chi connectivity index (χ1n) is 10.0. The number of pyridine rings is 2. The molecule has 2 amide bonds. The molecule has 2 rings (SSSR count). The lowest BCUT2D eigenvalue weighted by atomic mass is 10.1. The first kappa shape index (κ1) is 22.9. The van der Waals surface area contributed by atoms with Gasteiger partial charge in [0.25, 0.3) is 0 Å². The van der Waals surface area contributed by atoms with Gasteiger partial charge in [0, 0.05) is 48.8 Å². The van der Waals surface area contributed by atoms with Crippen LogP contribution in [0.5, 0.6) is 0 Å². The maximum atomic E-state index is 11.9. The predicted molar refractivity (Wildman–Crippen MR) is 117 cm³/mol. The fourth-order valence-corrected chi connectivity index (χ4v) is 2.64. The molecule has 2 N–H and O–H groups in total. The molecular formula is C22H28N6O2. The molecule has 0 aliphatic heterocycles. The lowest BCUT2D eigenvalue weighted by molar-refractivity contribution is -0.122. The Balaban J connectivity index is 1.55. The van der Waals surface area contributed by atoms with Gasteiger partial charge in [0.1, 0.15) is 0 Å². The molecule has 0 aliphatic rings. The number of amides is 2. The summed E-state index contributed by atoms with van der Waals surface area (Å²) < 4.78 is 0. The smallest absolute Gasteiger partial charge is 0.240 e. The van der Waals surface area contributed by atoms with Crippen LogP contribution in [0.1, 0.15) is 63.5 Å². The molecular weight excluding hydrogens is 380 g/mol. The van der Waals surface area contributed by atoms with Crippen LogP contribution in [0.4, 0.5) is 0 Å². The van der Waals surface area contributed by atoms with E-state index in [1.807, 2.05) is 38.1 Å². The van der Waals surface area contributed by atoms with Gasteiger partial charge in [-0.05, 0) is 51.0 Å². The quantitative estimate of drug-likeness (QED) is 0.338. The summed E-state index contributed by atoms with van der Waals surface area (Å²) >= 11 is 0. The summed E-state index contributed by atoms with van der Waals surface area (Å²) in [5.74, 6) is -0.218. The lowest BCUT2D eigenvalue weighted by Gasteiger charge is -2.04. The van der Waals surface area contributed by atoms with E-state index >= 15 is 0 Å². The van der Waals surface area contributed by atoms with Crippen molar-refractivity contribution in [1.29, 1.82) is 0 Å². The minimum Gasteiger partial charge on any atom is -0.273 e. The average molecular weight is 409 g/mol. The molecule has 2 aromatic rings. The summed E-state index contributed by atoms with van der Waals surface area (Å²) in [6.07, 6.45) is 10.8. The van der Waals surface area contributed by atoms with Gasteiger partial charge >= 0.3 is 0 Å². The SMILES string of the molecule is C/C(=N\NC(=O)CCCCCCC(=O)N/N=C(\C)c1ccncc1)c1ccncc1. The van der Waals surface area contributed by atoms with Gasteiger partial charge in [-0.2, -0.15) is 10.2 Å². The van der Waals surface area contributed by atoms with Crippen LogP contribution < -0.4 is 10.9 Å². The first-order chi connectivity index (χ1) is 14.6. The summed E-state index contributed by atoms with van der Waals surface area (Å²) in [6, 6.07) is 7.36. The fourth-order valence-electron chi connectivity index (χ4n) is 2.64. The number of rotatable bonds is 11. The van der Waals surface area contributed by atoms with E-state index in [4.69, 9.17) is 0 Å². The van der Waals surface area contributed by atoms with Crippen LogP contribution in [0.2, 0.25) is 0 Å². The van der Waals surface area contributed by atoms with E-state index in [0.717, 1.165) is 48.2 Å². The molecule has 0 aromatic carbocycles. The second-order valence-electron chi connectivity index (χ2n) is 6.85. The summed E-state index contributed by atoms with van der Waals surface area (Å²) in [5.41, 5.74) is 8.46. The van der Waals surface area contributed by atoms with Crippen LogP contribution in [0.25, 0.3) is 0 Å². The summed E-state index contributed by atoms with van der Waals surface area (Å²) in [4.78, 5) is 31.7. The van der Waals surface area contributed by atoms with Crippen molar-refractivity contribution < 1.29 is 9.59 Å². The molecule has 0 bridgehead atoms. The van der Waals surface area contributed by atoms with E-state index in [1.54, 1.807) is 24.8 Å². The fraction of sp³-hybridized carbons (Fsp3) is 0.364. The molecule has 0 atom stereocenters. The highest BCUT2D eigenvalue weighted by Crippen LogP contribution is 2.06. The number of hydrogen-bond donors (Lipinski definition) is 2. The Morgan fingerprint density at radius 3 is 1.43 bits per heavy atom. The molecule has 2 heterocycles. The van der Waals surface area contributed by atoms with E-state index in [0.29, 0.717) is 12.8 Å². The summed E-state index contributed by atoms with van der Waals surface area (Å²) in [7, 11) is 0. The van der Waals surface area contributed by atoms with Crippen molar-refractivity contribution in [3.05, 3.63) is 60.2 Å². The van der Waals surface area contributed by atoms with Crippen molar-refractivity contribution in [3.63, 3.8) is 0 Å². The molecule has 8 heteroatoms. The van der Waals surface area contributed by atoms with Gasteiger partial charge in [0.2, 0.25) is 11.8 Å². The largest absolute Gasteiger partial charge is 0.273 e. The second kappa shape index (κ2) is 12.9. The molecule has 0 saturated heterocycles. The Hall–Kier alpha value is -3.42. The highest BCUT2D eigenvalue weighted by Gasteiger charge is 2.04. The van der Waals surface area contributed by atoms with Crippen molar-refractivity contribution in [1.82, 2.24) is 20.8 Å². The van der Waals surface area contributed by atoms with Crippen LogP contribution in [0.15, 0.2) is 59.3 Å². The third kappa shape index (κ3) is 8.72. The van der Waals surface area contributed by atoms with Crippen molar-refractivity contribution >= 4 is 23.2 Å². The number of hydrogen-bond acceptors (Lipinski definition) is 6. The molecule has 0 fully saturated rings. The maximum absolute atomic E-state index is 11.9. The number of nitrogens with one attached hydrogen (secondary N) is 2. The minimum atomic E-state index is -0.109. The molecule has 8 nitrogen and oxygen atoms in total. The van der Waals surface area contributed by atoms with Crippen LogP contribution in [-0.4, -0.2) is 33.2 Å². The molecule has 0 radical (unpaired) electrons. The van der Waals surface area contributed by atoms with Gasteiger partial charge in [0.05, 0.1) is 11.4 Å². The van der Waals surface area contributed by atoms with E-state index < -0.39 is 0 Å². The highest BCUT2D eigenvalue weighted by atomic mass is 16.2. The van der Waals surface area contributed by atoms with Crippen LogP contribution in [-0.2, 0) is 9.59 Å². The number of nitrogens with zero attached hydrogens (tertiary/aromatic N) is 4. The molecule has 0 unspecified atom stereocenters. The Morgan fingerprint density at radius 2 is 1.07 bits per heavy atom. The Labute approximate surface area is 176 Å². The maximum Gasteiger partial charge on any atom is 0.240 e. The molecule has 0 saturated carbocycles. The van der Waals surface area contributed by atoms with Crippen LogP contribution in [0.3, 0.4) is 0 Å². The molecule has 158 valence electrons. The molecule has 30 heavy (non-hydrogen) atoms. The molecule has 0 spiro atoms. The predicted octanol–water partition coefficient (Wildman–Crippen LogP) is 3.20. The van der Waals surface area contributed by atoms with E-state index in [1.165, 1.54) is 0 Å². The number of unbranched alkanes of at least 4 members (excludes halogenated alkanes) is 3. The lowest BCUT2D eigenvalue weighted by Crippen LogP contribution is -2.19. The average Bonchev–Trinajstić information content (AvgIpc) is 2.79. The van der Waals surface area contributed by atoms with Crippen molar-refractivity contribution in [2.24, 2.45) is 10.2 Å². The third-order valence-corrected chi connectivity index (χ3v) is 4.45. The van der Waals surface area contributed by atoms with Crippen molar-refractivity contribution in [2.75, 3.05) is 0 Å². The van der Waals surface area contributed by atoms with Gasteiger partial charge in [-0.15, -0.1) is 0 Å². The minimum absolute atomic E-state index is 0.109. The number of hydrazone groups is 2. The topological polar surface area (TPSA) is 109 Å².